The van der Waals surface area contributed by atoms with Crippen LogP contribution >= 0.6 is 0 Å². The molecule has 1 aliphatic rings. The standard InChI is InChI=1S/C47H35N/c1-32-21-25-36(26-22-32)47(37-27-23-33(2)24-28-37)43-18-8-7-17-41(43)42-30-29-38(31-44(42)47)48(45-19-9-13-34-11-3-5-15-39(34)45)46-20-10-14-35-12-4-6-16-40(35)46/h3-31H,1-2H3. The predicted molar refractivity (Wildman–Crippen MR) is 203 cm³/mol. The molecule has 0 atom stereocenters. The van der Waals surface area contributed by atoms with Crippen LogP contribution in [0.2, 0.25) is 0 Å². The van der Waals surface area contributed by atoms with E-state index in [1.165, 1.54) is 66.1 Å². The average molecular weight is 614 g/mol. The first-order valence-electron chi connectivity index (χ1n) is 16.8. The largest absolute Gasteiger partial charge is 0.309 e. The van der Waals surface area contributed by atoms with Crippen molar-refractivity contribution in [1.29, 1.82) is 0 Å². The molecule has 0 bridgehead atoms. The van der Waals surface area contributed by atoms with Gasteiger partial charge < -0.3 is 4.90 Å². The van der Waals surface area contributed by atoms with E-state index in [1.54, 1.807) is 0 Å². The molecular weight excluding hydrogens is 579 g/mol. The van der Waals surface area contributed by atoms with Crippen LogP contribution in [-0.4, -0.2) is 0 Å². The van der Waals surface area contributed by atoms with Crippen LogP contribution in [0.15, 0.2) is 176 Å². The Morgan fingerprint density at radius 1 is 0.396 bits per heavy atom. The molecule has 0 fully saturated rings. The zero-order chi connectivity index (χ0) is 32.2. The van der Waals surface area contributed by atoms with Crippen molar-refractivity contribution in [3.05, 3.63) is 209 Å². The highest BCUT2D eigenvalue weighted by Crippen LogP contribution is 2.57. The Bertz CT molecular complexity index is 2330. The van der Waals surface area contributed by atoms with Crippen LogP contribution in [0, 0.1) is 13.8 Å². The fourth-order valence-electron chi connectivity index (χ4n) is 8.02. The van der Waals surface area contributed by atoms with Gasteiger partial charge in [0, 0.05) is 16.5 Å². The molecule has 1 heteroatoms. The molecule has 0 heterocycles. The van der Waals surface area contributed by atoms with Crippen LogP contribution in [0.1, 0.15) is 33.4 Å². The maximum Gasteiger partial charge on any atom is 0.0714 e. The summed E-state index contributed by atoms with van der Waals surface area (Å²) in [6.07, 6.45) is 0. The van der Waals surface area contributed by atoms with Gasteiger partial charge in [-0.3, -0.25) is 0 Å². The minimum atomic E-state index is -0.480. The van der Waals surface area contributed by atoms with Crippen molar-refractivity contribution >= 4 is 38.6 Å². The van der Waals surface area contributed by atoms with E-state index in [9.17, 15) is 0 Å². The van der Waals surface area contributed by atoms with E-state index in [-0.39, 0.29) is 0 Å². The Morgan fingerprint density at radius 2 is 0.875 bits per heavy atom. The third-order valence-corrected chi connectivity index (χ3v) is 10.3. The number of fused-ring (bicyclic) bond motifs is 5. The molecule has 8 aromatic carbocycles. The van der Waals surface area contributed by atoms with Gasteiger partial charge in [0.2, 0.25) is 0 Å². The van der Waals surface area contributed by atoms with Gasteiger partial charge in [0.25, 0.3) is 0 Å². The maximum atomic E-state index is 2.48. The van der Waals surface area contributed by atoms with Gasteiger partial charge >= 0.3 is 0 Å². The minimum absolute atomic E-state index is 0.480. The Hall–Kier alpha value is -5.92. The summed E-state index contributed by atoms with van der Waals surface area (Å²) < 4.78 is 0. The van der Waals surface area contributed by atoms with Crippen molar-refractivity contribution in [2.75, 3.05) is 4.90 Å². The van der Waals surface area contributed by atoms with E-state index in [0.717, 1.165) is 17.1 Å². The van der Waals surface area contributed by atoms with Gasteiger partial charge in [0.1, 0.15) is 0 Å². The van der Waals surface area contributed by atoms with Crippen molar-refractivity contribution in [1.82, 2.24) is 0 Å². The van der Waals surface area contributed by atoms with Crippen LogP contribution < -0.4 is 4.90 Å². The summed E-state index contributed by atoms with van der Waals surface area (Å²) in [7, 11) is 0. The molecule has 0 unspecified atom stereocenters. The summed E-state index contributed by atoms with van der Waals surface area (Å²) in [5.41, 5.74) is 13.3. The molecule has 1 aliphatic carbocycles. The van der Waals surface area contributed by atoms with Crippen molar-refractivity contribution in [3.8, 4) is 11.1 Å². The van der Waals surface area contributed by atoms with Gasteiger partial charge in [-0.25, -0.2) is 0 Å². The van der Waals surface area contributed by atoms with Crippen molar-refractivity contribution in [3.63, 3.8) is 0 Å². The fourth-order valence-corrected chi connectivity index (χ4v) is 8.02. The highest BCUT2D eigenvalue weighted by molar-refractivity contribution is 6.05. The molecule has 228 valence electrons. The van der Waals surface area contributed by atoms with Gasteiger partial charge in [-0.2, -0.15) is 0 Å². The van der Waals surface area contributed by atoms with E-state index >= 15 is 0 Å². The summed E-state index contributed by atoms with van der Waals surface area (Å²) in [5, 5.41) is 4.89. The molecule has 0 amide bonds. The van der Waals surface area contributed by atoms with E-state index < -0.39 is 5.41 Å². The topological polar surface area (TPSA) is 3.24 Å². The third kappa shape index (κ3) is 4.25. The van der Waals surface area contributed by atoms with E-state index in [2.05, 4.69) is 195 Å². The van der Waals surface area contributed by atoms with Gasteiger partial charge in [-0.05, 0) is 82.3 Å². The molecule has 0 radical (unpaired) electrons. The zero-order valence-electron chi connectivity index (χ0n) is 27.2. The first kappa shape index (κ1) is 28.3. The second kappa shape index (κ2) is 11.1. The lowest BCUT2D eigenvalue weighted by Crippen LogP contribution is -2.29. The second-order valence-electron chi connectivity index (χ2n) is 13.1. The number of hydrogen-bond donors (Lipinski definition) is 0. The van der Waals surface area contributed by atoms with Crippen LogP contribution in [0.3, 0.4) is 0 Å². The maximum absolute atomic E-state index is 2.48. The highest BCUT2D eigenvalue weighted by atomic mass is 15.1. The molecule has 0 aromatic heterocycles. The Morgan fingerprint density at radius 3 is 1.46 bits per heavy atom. The monoisotopic (exact) mass is 613 g/mol. The van der Waals surface area contributed by atoms with Gasteiger partial charge in [-0.15, -0.1) is 0 Å². The first-order chi connectivity index (χ1) is 23.6. The SMILES string of the molecule is Cc1ccc(C2(c3ccc(C)cc3)c3ccccc3-c3ccc(N(c4cccc5ccccc45)c4cccc5ccccc45)cc32)cc1. The van der Waals surface area contributed by atoms with E-state index in [4.69, 9.17) is 0 Å². The number of anilines is 3. The summed E-state index contributed by atoms with van der Waals surface area (Å²) in [6, 6.07) is 65.3. The Labute approximate surface area is 282 Å². The molecule has 1 nitrogen and oxygen atoms in total. The van der Waals surface area contributed by atoms with Gasteiger partial charge in [0.05, 0.1) is 16.8 Å². The summed E-state index contributed by atoms with van der Waals surface area (Å²) in [4.78, 5) is 2.48. The lowest BCUT2D eigenvalue weighted by atomic mass is 9.67. The molecule has 0 saturated carbocycles. The molecule has 0 aliphatic heterocycles. The lowest BCUT2D eigenvalue weighted by molar-refractivity contribution is 0.767. The third-order valence-electron chi connectivity index (χ3n) is 10.3. The zero-order valence-corrected chi connectivity index (χ0v) is 27.2. The van der Waals surface area contributed by atoms with E-state index in [1.807, 2.05) is 0 Å². The number of benzene rings is 8. The number of nitrogens with zero attached hydrogens (tertiary/aromatic N) is 1. The molecule has 0 N–H and O–H groups in total. The molecule has 8 aromatic rings. The van der Waals surface area contributed by atoms with Crippen LogP contribution in [0.4, 0.5) is 17.1 Å². The number of hydrogen-bond acceptors (Lipinski definition) is 1. The summed E-state index contributed by atoms with van der Waals surface area (Å²) >= 11 is 0. The Balaban J connectivity index is 1.39. The summed E-state index contributed by atoms with van der Waals surface area (Å²) in [6.45, 7) is 4.34. The summed E-state index contributed by atoms with van der Waals surface area (Å²) in [5.74, 6) is 0. The molecule has 0 spiro atoms. The van der Waals surface area contributed by atoms with Crippen LogP contribution in [0.25, 0.3) is 32.7 Å². The normalized spacial score (nSPS) is 13.0. The first-order valence-corrected chi connectivity index (χ1v) is 16.8. The lowest BCUT2D eigenvalue weighted by Gasteiger charge is -2.35. The van der Waals surface area contributed by atoms with Crippen LogP contribution in [0.5, 0.6) is 0 Å². The quantitative estimate of drug-likeness (QED) is 0.187. The molecule has 9 rings (SSSR count). The smallest absolute Gasteiger partial charge is 0.0714 e. The number of aryl methyl sites for hydroxylation is 2. The number of rotatable bonds is 5. The van der Waals surface area contributed by atoms with Gasteiger partial charge in [-0.1, -0.05) is 163 Å². The second-order valence-corrected chi connectivity index (χ2v) is 13.1. The van der Waals surface area contributed by atoms with Gasteiger partial charge in [0.15, 0.2) is 0 Å². The average Bonchev–Trinajstić information content (AvgIpc) is 3.43. The van der Waals surface area contributed by atoms with Crippen molar-refractivity contribution in [2.24, 2.45) is 0 Å². The highest BCUT2D eigenvalue weighted by Gasteiger charge is 2.46. The molecule has 48 heavy (non-hydrogen) atoms. The fraction of sp³-hybridized carbons (Fsp3) is 0.0638. The molecular formula is C47H35N. The predicted octanol–water partition coefficient (Wildman–Crippen LogP) is 12.4. The Kier molecular flexibility index (Phi) is 6.55. The minimum Gasteiger partial charge on any atom is -0.309 e. The van der Waals surface area contributed by atoms with E-state index in [0.29, 0.717) is 0 Å². The molecule has 0 saturated heterocycles. The van der Waals surface area contributed by atoms with Crippen molar-refractivity contribution in [2.45, 2.75) is 19.3 Å². The van der Waals surface area contributed by atoms with Crippen molar-refractivity contribution < 1.29 is 0 Å². The van der Waals surface area contributed by atoms with Crippen LogP contribution in [-0.2, 0) is 5.41 Å².